The summed E-state index contributed by atoms with van der Waals surface area (Å²) in [6.07, 6.45) is 0. The predicted molar refractivity (Wildman–Crippen MR) is 52.0 cm³/mol. The molecule has 0 aromatic heterocycles. The molecule has 1 aromatic carbocycles. The molecule has 0 aliphatic heterocycles. The van der Waals surface area contributed by atoms with Crippen LogP contribution in [0.4, 0.5) is 0 Å². The molecule has 1 aromatic rings. The Kier molecular flexibility index (Phi) is 2.89. The van der Waals surface area contributed by atoms with Gasteiger partial charge >= 0.3 is 0 Å². The lowest BCUT2D eigenvalue weighted by Crippen LogP contribution is -2.06. The minimum absolute atomic E-state index is 0.557. The molecule has 0 spiro atoms. The first-order valence-corrected chi connectivity index (χ1v) is 3.96. The Morgan fingerprint density at radius 1 is 1.43 bits per heavy atom. The summed E-state index contributed by atoms with van der Waals surface area (Å²) in [6.45, 7) is 1.78. The summed E-state index contributed by atoms with van der Waals surface area (Å²) >= 11 is 0. The average Bonchev–Trinajstić information content (AvgIpc) is 2.16. The van der Waals surface area contributed by atoms with Gasteiger partial charge in [-0.2, -0.15) is 5.26 Å². The third-order valence-corrected chi connectivity index (χ3v) is 1.77. The summed E-state index contributed by atoms with van der Waals surface area (Å²) in [6, 6.07) is 7.20. The molecule has 0 atom stereocenters. The average molecular weight is 184 g/mol. The Bertz CT molecular complexity index is 472. The second kappa shape index (κ2) is 4.11. The lowest BCUT2D eigenvalue weighted by molar-refractivity contribution is -0.112. The molecule has 0 unspecified atom stereocenters. The van der Waals surface area contributed by atoms with Crippen LogP contribution in [0.2, 0.25) is 0 Å². The van der Waals surface area contributed by atoms with Gasteiger partial charge in [-0.15, -0.1) is 0 Å². The zero-order valence-corrected chi connectivity index (χ0v) is 7.66. The second-order valence-electron chi connectivity index (χ2n) is 2.70. The number of rotatable bonds is 0. The third-order valence-electron chi connectivity index (χ3n) is 1.77. The van der Waals surface area contributed by atoms with Gasteiger partial charge in [-0.25, -0.2) is 0 Å². The monoisotopic (exact) mass is 184 g/mol. The van der Waals surface area contributed by atoms with Gasteiger partial charge in [0.25, 0.3) is 5.91 Å². The summed E-state index contributed by atoms with van der Waals surface area (Å²) in [4.78, 5) is 10.4. The summed E-state index contributed by atoms with van der Waals surface area (Å²) in [5.41, 5.74) is 6.86. The summed E-state index contributed by atoms with van der Waals surface area (Å²) in [7, 11) is 0. The Balaban J connectivity index is 3.20. The van der Waals surface area contributed by atoms with E-state index in [4.69, 9.17) is 11.0 Å². The van der Waals surface area contributed by atoms with E-state index in [-0.39, 0.29) is 0 Å². The van der Waals surface area contributed by atoms with Crippen molar-refractivity contribution in [2.45, 2.75) is 6.92 Å². The van der Waals surface area contributed by atoms with E-state index in [2.05, 4.69) is 11.8 Å². The highest BCUT2D eigenvalue weighted by atomic mass is 16.1. The molecule has 14 heavy (non-hydrogen) atoms. The van der Waals surface area contributed by atoms with E-state index >= 15 is 0 Å². The molecule has 0 bridgehead atoms. The summed E-state index contributed by atoms with van der Waals surface area (Å²) in [5, 5.41) is 8.73. The van der Waals surface area contributed by atoms with Crippen molar-refractivity contribution in [1.82, 2.24) is 0 Å². The van der Waals surface area contributed by atoms with Crippen molar-refractivity contribution in [3.63, 3.8) is 0 Å². The highest BCUT2D eigenvalue weighted by Crippen LogP contribution is 2.11. The number of nitrogens with two attached hydrogens (primary N) is 1. The van der Waals surface area contributed by atoms with Gasteiger partial charge in [0.05, 0.1) is 11.6 Å². The van der Waals surface area contributed by atoms with E-state index in [0.29, 0.717) is 11.1 Å². The van der Waals surface area contributed by atoms with E-state index in [0.717, 1.165) is 5.56 Å². The zero-order chi connectivity index (χ0) is 10.6. The summed E-state index contributed by atoms with van der Waals surface area (Å²) in [5.74, 6) is 4.17. The van der Waals surface area contributed by atoms with E-state index in [1.54, 1.807) is 25.1 Å². The number of nitrogens with zero attached hydrogens (tertiary/aromatic N) is 1. The Labute approximate surface area is 82.1 Å². The van der Waals surface area contributed by atoms with Gasteiger partial charge < -0.3 is 5.73 Å². The number of benzene rings is 1. The van der Waals surface area contributed by atoms with Crippen LogP contribution in [0.15, 0.2) is 18.2 Å². The van der Waals surface area contributed by atoms with Crippen molar-refractivity contribution in [3.05, 3.63) is 34.9 Å². The molecular formula is C11H8N2O. The molecule has 0 heterocycles. The number of hydrogen-bond acceptors (Lipinski definition) is 2. The number of nitriles is 1. The number of amides is 1. The van der Waals surface area contributed by atoms with Crippen molar-refractivity contribution in [2.75, 3.05) is 0 Å². The maximum atomic E-state index is 10.4. The normalized spacial score (nSPS) is 8.29. The maximum absolute atomic E-state index is 10.4. The first kappa shape index (κ1) is 9.83. The molecule has 1 amide bonds. The van der Waals surface area contributed by atoms with Gasteiger partial charge in [-0.1, -0.05) is 12.0 Å². The lowest BCUT2D eigenvalue weighted by atomic mass is 10.0. The van der Waals surface area contributed by atoms with Gasteiger partial charge in [0.2, 0.25) is 0 Å². The van der Waals surface area contributed by atoms with Crippen molar-refractivity contribution in [1.29, 1.82) is 5.26 Å². The molecule has 68 valence electrons. The fraction of sp³-hybridized carbons (Fsp3) is 0.0909. The maximum Gasteiger partial charge on any atom is 0.293 e. The van der Waals surface area contributed by atoms with Crippen LogP contribution in [-0.2, 0) is 4.79 Å². The van der Waals surface area contributed by atoms with Crippen LogP contribution in [0.25, 0.3) is 0 Å². The fourth-order valence-corrected chi connectivity index (χ4v) is 1.02. The van der Waals surface area contributed by atoms with Gasteiger partial charge in [-0.3, -0.25) is 4.79 Å². The predicted octanol–water partition coefficient (Wildman–Crippen LogP) is 0.704. The molecule has 0 aliphatic carbocycles. The van der Waals surface area contributed by atoms with E-state index in [1.807, 2.05) is 6.07 Å². The van der Waals surface area contributed by atoms with Crippen LogP contribution in [0.1, 0.15) is 16.7 Å². The van der Waals surface area contributed by atoms with Crippen LogP contribution < -0.4 is 5.73 Å². The molecule has 1 rings (SSSR count). The number of carbonyl (C=O) groups is 1. The van der Waals surface area contributed by atoms with Crippen LogP contribution in [-0.4, -0.2) is 5.91 Å². The molecule has 0 saturated heterocycles. The summed E-state index contributed by atoms with van der Waals surface area (Å²) < 4.78 is 0. The standard InChI is InChI=1S/C11H8N2O/c1-8-9(5-6-11(13)14)3-2-4-10(8)7-12/h2-4H,1H3,(H2,13,14). The van der Waals surface area contributed by atoms with Crippen LogP contribution in [0, 0.1) is 30.1 Å². The van der Waals surface area contributed by atoms with Gasteiger partial charge in [0, 0.05) is 5.56 Å². The quantitative estimate of drug-likeness (QED) is 0.603. The molecular weight excluding hydrogens is 176 g/mol. The Morgan fingerprint density at radius 3 is 2.64 bits per heavy atom. The molecule has 3 heteroatoms. The minimum atomic E-state index is -0.674. The lowest BCUT2D eigenvalue weighted by Gasteiger charge is -1.98. The van der Waals surface area contributed by atoms with Gasteiger partial charge in [0.15, 0.2) is 0 Å². The van der Waals surface area contributed by atoms with E-state index in [1.165, 1.54) is 0 Å². The van der Waals surface area contributed by atoms with Crippen LogP contribution >= 0.6 is 0 Å². The van der Waals surface area contributed by atoms with Crippen molar-refractivity contribution < 1.29 is 4.79 Å². The molecule has 2 N–H and O–H groups in total. The molecule has 0 saturated carbocycles. The van der Waals surface area contributed by atoms with E-state index < -0.39 is 5.91 Å². The van der Waals surface area contributed by atoms with Gasteiger partial charge in [-0.05, 0) is 30.5 Å². The Hall–Kier alpha value is -2.26. The number of hydrogen-bond donors (Lipinski definition) is 1. The van der Waals surface area contributed by atoms with Crippen molar-refractivity contribution in [3.8, 4) is 17.9 Å². The topological polar surface area (TPSA) is 66.9 Å². The van der Waals surface area contributed by atoms with Gasteiger partial charge in [0.1, 0.15) is 0 Å². The Morgan fingerprint density at radius 2 is 2.07 bits per heavy atom. The smallest absolute Gasteiger partial charge is 0.293 e. The zero-order valence-electron chi connectivity index (χ0n) is 7.66. The second-order valence-corrected chi connectivity index (χ2v) is 2.70. The highest BCUT2D eigenvalue weighted by molar-refractivity contribution is 5.92. The largest absolute Gasteiger partial charge is 0.359 e. The number of carbonyl (C=O) groups excluding carboxylic acids is 1. The minimum Gasteiger partial charge on any atom is -0.359 e. The van der Waals surface area contributed by atoms with Crippen molar-refractivity contribution in [2.24, 2.45) is 5.73 Å². The van der Waals surface area contributed by atoms with Crippen molar-refractivity contribution >= 4 is 5.91 Å². The number of primary amides is 1. The SMILES string of the molecule is Cc1c(C#N)cccc1C#CC(N)=O. The van der Waals surface area contributed by atoms with E-state index in [9.17, 15) is 4.79 Å². The first-order valence-electron chi connectivity index (χ1n) is 3.96. The highest BCUT2D eigenvalue weighted by Gasteiger charge is 1.99. The molecule has 0 fully saturated rings. The van der Waals surface area contributed by atoms with Crippen LogP contribution in [0.3, 0.4) is 0 Å². The fourth-order valence-electron chi connectivity index (χ4n) is 1.02. The molecule has 0 radical (unpaired) electrons. The first-order chi connectivity index (χ1) is 6.65. The third kappa shape index (κ3) is 2.12. The van der Waals surface area contributed by atoms with Crippen LogP contribution in [0.5, 0.6) is 0 Å². The molecule has 3 nitrogen and oxygen atoms in total. The molecule has 0 aliphatic rings.